The van der Waals surface area contributed by atoms with Gasteiger partial charge >= 0.3 is 5.97 Å². The summed E-state index contributed by atoms with van der Waals surface area (Å²) in [5.74, 6) is -0.967. The van der Waals surface area contributed by atoms with Crippen molar-refractivity contribution in [3.8, 4) is 0 Å². The minimum Gasteiger partial charge on any atom is -0.478 e. The van der Waals surface area contributed by atoms with Crippen LogP contribution in [-0.2, 0) is 9.53 Å². The molecule has 0 aromatic heterocycles. The smallest absolute Gasteiger partial charge is 0.328 e. The van der Waals surface area contributed by atoms with Gasteiger partial charge in [-0.3, -0.25) is 4.79 Å². The average molecular weight is 291 g/mol. The number of amides is 1. The Morgan fingerprint density at radius 3 is 2.67 bits per heavy atom. The summed E-state index contributed by atoms with van der Waals surface area (Å²) in [6.45, 7) is 4.47. The van der Waals surface area contributed by atoms with Gasteiger partial charge in [0, 0.05) is 18.7 Å². The number of ether oxygens (including phenoxy) is 1. The third-order valence-corrected chi connectivity index (χ3v) is 3.03. The number of carboxylic acids is 1. The van der Waals surface area contributed by atoms with E-state index in [0.29, 0.717) is 17.7 Å². The molecule has 0 heterocycles. The monoisotopic (exact) mass is 291 g/mol. The number of hydrogen-bond acceptors (Lipinski definition) is 3. The van der Waals surface area contributed by atoms with Crippen LogP contribution in [0.5, 0.6) is 0 Å². The summed E-state index contributed by atoms with van der Waals surface area (Å²) >= 11 is 0. The van der Waals surface area contributed by atoms with Gasteiger partial charge < -0.3 is 15.2 Å². The van der Waals surface area contributed by atoms with Crippen molar-refractivity contribution in [2.45, 2.75) is 19.9 Å². The second kappa shape index (κ2) is 8.21. The van der Waals surface area contributed by atoms with E-state index in [1.807, 2.05) is 13.8 Å². The van der Waals surface area contributed by atoms with Crippen LogP contribution in [-0.4, -0.2) is 36.7 Å². The first kappa shape index (κ1) is 16.9. The van der Waals surface area contributed by atoms with E-state index >= 15 is 0 Å². The van der Waals surface area contributed by atoms with Gasteiger partial charge in [0.2, 0.25) is 0 Å². The minimum absolute atomic E-state index is 0.0688. The molecule has 5 heteroatoms. The van der Waals surface area contributed by atoms with Crippen LogP contribution in [0.25, 0.3) is 6.08 Å². The predicted molar refractivity (Wildman–Crippen MR) is 81.1 cm³/mol. The molecule has 114 valence electrons. The molecular formula is C16H21NO4. The normalized spacial score (nSPS) is 12.6. The zero-order chi connectivity index (χ0) is 15.8. The molecule has 0 saturated carbocycles. The van der Waals surface area contributed by atoms with Gasteiger partial charge in [-0.1, -0.05) is 26.0 Å². The SMILES string of the molecule is COCC(NC(=O)c1cccc(C=CC(=O)O)c1)C(C)C. The molecule has 1 rings (SSSR count). The molecule has 0 bridgehead atoms. The fourth-order valence-electron chi connectivity index (χ4n) is 1.78. The largest absolute Gasteiger partial charge is 0.478 e. The van der Waals surface area contributed by atoms with E-state index in [1.54, 1.807) is 31.4 Å². The molecule has 0 aliphatic carbocycles. The summed E-state index contributed by atoms with van der Waals surface area (Å²) in [4.78, 5) is 22.7. The van der Waals surface area contributed by atoms with Gasteiger partial charge in [0.05, 0.1) is 12.6 Å². The number of carboxylic acid groups (broad SMARTS) is 1. The van der Waals surface area contributed by atoms with Gasteiger partial charge in [-0.2, -0.15) is 0 Å². The van der Waals surface area contributed by atoms with E-state index in [9.17, 15) is 9.59 Å². The summed E-state index contributed by atoms with van der Waals surface area (Å²) in [5, 5.41) is 11.5. The highest BCUT2D eigenvalue weighted by molar-refractivity contribution is 5.95. The van der Waals surface area contributed by atoms with Crippen LogP contribution in [0.1, 0.15) is 29.8 Å². The summed E-state index contributed by atoms with van der Waals surface area (Å²) in [6.07, 6.45) is 2.49. The van der Waals surface area contributed by atoms with E-state index in [2.05, 4.69) is 5.32 Å². The first-order valence-electron chi connectivity index (χ1n) is 6.75. The molecule has 0 spiro atoms. The summed E-state index contributed by atoms with van der Waals surface area (Å²) < 4.78 is 5.10. The molecule has 5 nitrogen and oxygen atoms in total. The third-order valence-electron chi connectivity index (χ3n) is 3.03. The van der Waals surface area contributed by atoms with Crippen molar-refractivity contribution in [3.05, 3.63) is 41.5 Å². The van der Waals surface area contributed by atoms with Crippen molar-refractivity contribution in [1.29, 1.82) is 0 Å². The zero-order valence-corrected chi connectivity index (χ0v) is 12.5. The standard InChI is InChI=1S/C16H21NO4/c1-11(2)14(10-21-3)17-16(20)13-6-4-5-12(9-13)7-8-15(18)19/h4-9,11,14H,10H2,1-3H3,(H,17,20)(H,18,19). The molecular weight excluding hydrogens is 270 g/mol. The highest BCUT2D eigenvalue weighted by Gasteiger charge is 2.16. The molecule has 0 radical (unpaired) electrons. The molecule has 0 aliphatic heterocycles. The topological polar surface area (TPSA) is 75.6 Å². The van der Waals surface area contributed by atoms with Crippen molar-refractivity contribution in [2.75, 3.05) is 13.7 Å². The quantitative estimate of drug-likeness (QED) is 0.755. The molecule has 1 atom stereocenters. The highest BCUT2D eigenvalue weighted by Crippen LogP contribution is 2.09. The average Bonchev–Trinajstić information content (AvgIpc) is 2.44. The number of carbonyl (C=O) groups excluding carboxylic acids is 1. The Balaban J connectivity index is 2.82. The maximum Gasteiger partial charge on any atom is 0.328 e. The molecule has 2 N–H and O–H groups in total. The Morgan fingerprint density at radius 2 is 2.10 bits per heavy atom. The number of benzene rings is 1. The Bertz CT molecular complexity index is 523. The lowest BCUT2D eigenvalue weighted by atomic mass is 10.0. The number of aliphatic carboxylic acids is 1. The van der Waals surface area contributed by atoms with E-state index in [4.69, 9.17) is 9.84 Å². The Labute approximate surface area is 124 Å². The van der Waals surface area contributed by atoms with E-state index < -0.39 is 5.97 Å². The molecule has 0 saturated heterocycles. The number of nitrogens with one attached hydrogen (secondary N) is 1. The van der Waals surface area contributed by atoms with Crippen LogP contribution in [0.4, 0.5) is 0 Å². The summed E-state index contributed by atoms with van der Waals surface area (Å²) in [6, 6.07) is 6.74. The van der Waals surface area contributed by atoms with E-state index in [0.717, 1.165) is 6.08 Å². The van der Waals surface area contributed by atoms with Crippen molar-refractivity contribution >= 4 is 18.0 Å². The maximum absolute atomic E-state index is 12.2. The minimum atomic E-state index is -1.02. The van der Waals surface area contributed by atoms with Gasteiger partial charge in [-0.25, -0.2) is 4.79 Å². The lowest BCUT2D eigenvalue weighted by Gasteiger charge is -2.21. The van der Waals surface area contributed by atoms with Crippen LogP contribution in [0.3, 0.4) is 0 Å². The number of methoxy groups -OCH3 is 1. The fourth-order valence-corrected chi connectivity index (χ4v) is 1.78. The van der Waals surface area contributed by atoms with E-state index in [-0.39, 0.29) is 17.9 Å². The zero-order valence-electron chi connectivity index (χ0n) is 12.5. The van der Waals surface area contributed by atoms with Gasteiger partial charge in [0.15, 0.2) is 0 Å². The summed E-state index contributed by atoms with van der Waals surface area (Å²) in [5.41, 5.74) is 1.15. The Kier molecular flexibility index (Phi) is 6.62. The number of rotatable bonds is 7. The highest BCUT2D eigenvalue weighted by atomic mass is 16.5. The maximum atomic E-state index is 12.2. The van der Waals surface area contributed by atoms with Crippen LogP contribution in [0, 0.1) is 5.92 Å². The van der Waals surface area contributed by atoms with Crippen molar-refractivity contribution in [1.82, 2.24) is 5.32 Å². The molecule has 21 heavy (non-hydrogen) atoms. The van der Waals surface area contributed by atoms with Crippen LogP contribution >= 0.6 is 0 Å². The van der Waals surface area contributed by atoms with E-state index in [1.165, 1.54) is 6.08 Å². The van der Waals surface area contributed by atoms with Crippen molar-refractivity contribution < 1.29 is 19.4 Å². The lowest BCUT2D eigenvalue weighted by molar-refractivity contribution is -0.131. The predicted octanol–water partition coefficient (Wildman–Crippen LogP) is 2.19. The molecule has 1 unspecified atom stereocenters. The first-order chi connectivity index (χ1) is 9.93. The fraction of sp³-hybridized carbons (Fsp3) is 0.375. The molecule has 1 amide bonds. The molecule has 0 fully saturated rings. The molecule has 0 aliphatic rings. The molecule has 1 aromatic carbocycles. The van der Waals surface area contributed by atoms with Gasteiger partial charge in [-0.05, 0) is 29.7 Å². The Hall–Kier alpha value is -2.14. The van der Waals surface area contributed by atoms with Crippen LogP contribution < -0.4 is 5.32 Å². The second-order valence-corrected chi connectivity index (χ2v) is 5.08. The van der Waals surface area contributed by atoms with Crippen LogP contribution in [0.2, 0.25) is 0 Å². The first-order valence-corrected chi connectivity index (χ1v) is 6.75. The van der Waals surface area contributed by atoms with Crippen molar-refractivity contribution in [3.63, 3.8) is 0 Å². The van der Waals surface area contributed by atoms with Gasteiger partial charge in [0.1, 0.15) is 0 Å². The lowest BCUT2D eigenvalue weighted by Crippen LogP contribution is -2.41. The Morgan fingerprint density at radius 1 is 1.38 bits per heavy atom. The molecule has 1 aromatic rings. The van der Waals surface area contributed by atoms with Gasteiger partial charge in [-0.15, -0.1) is 0 Å². The van der Waals surface area contributed by atoms with Gasteiger partial charge in [0.25, 0.3) is 5.91 Å². The van der Waals surface area contributed by atoms with Crippen molar-refractivity contribution in [2.24, 2.45) is 5.92 Å². The third kappa shape index (κ3) is 5.79. The summed E-state index contributed by atoms with van der Waals surface area (Å²) in [7, 11) is 1.60. The second-order valence-electron chi connectivity index (χ2n) is 5.08. The van der Waals surface area contributed by atoms with Crippen LogP contribution in [0.15, 0.2) is 30.3 Å². The number of carbonyl (C=O) groups is 2. The number of hydrogen-bond donors (Lipinski definition) is 2.